The maximum atomic E-state index is 13.1. The number of hydrogen-bond acceptors (Lipinski definition) is 7. The van der Waals surface area contributed by atoms with E-state index in [-0.39, 0.29) is 28.0 Å². The number of benzene rings is 2. The number of H-pyrrole nitrogens is 1. The second-order valence-electron chi connectivity index (χ2n) is 10.6. The van der Waals surface area contributed by atoms with Gasteiger partial charge in [0.25, 0.3) is 5.91 Å². The lowest BCUT2D eigenvalue weighted by atomic mass is 9.82. The molecule has 0 fully saturated rings. The summed E-state index contributed by atoms with van der Waals surface area (Å²) in [6.07, 6.45) is 5.15. The Balaban J connectivity index is 1.32. The third kappa shape index (κ3) is 6.22. The zero-order valence-corrected chi connectivity index (χ0v) is 24.1. The summed E-state index contributed by atoms with van der Waals surface area (Å²) in [7, 11) is -3.26. The van der Waals surface area contributed by atoms with E-state index in [0.717, 1.165) is 28.8 Å². The zero-order valence-electron chi connectivity index (χ0n) is 23.3. The summed E-state index contributed by atoms with van der Waals surface area (Å²) in [5.41, 5.74) is 5.15. The SMILES string of the molecule is CCS(=O)(=O)c1ccc(CNC(=O)c2ccc3c(c2)CN(c2ncc(-c4ccc(=O)[nH]c4)cn2)CC3C(C)C)cc1. The zero-order chi connectivity index (χ0) is 29.1. The number of nitrogens with one attached hydrogen (secondary N) is 2. The lowest BCUT2D eigenvalue weighted by Gasteiger charge is -2.37. The van der Waals surface area contributed by atoms with E-state index in [0.29, 0.717) is 30.5 Å². The molecule has 2 N–H and O–H groups in total. The van der Waals surface area contributed by atoms with Gasteiger partial charge in [-0.15, -0.1) is 0 Å². The highest BCUT2D eigenvalue weighted by Crippen LogP contribution is 2.35. The van der Waals surface area contributed by atoms with Crippen molar-refractivity contribution in [1.82, 2.24) is 20.3 Å². The molecular formula is C31H33N5O4S. The van der Waals surface area contributed by atoms with E-state index in [9.17, 15) is 18.0 Å². The molecule has 4 aromatic rings. The van der Waals surface area contributed by atoms with Crippen LogP contribution in [0.5, 0.6) is 0 Å². The number of aromatic amines is 1. The van der Waals surface area contributed by atoms with E-state index in [4.69, 9.17) is 0 Å². The molecule has 212 valence electrons. The number of pyridine rings is 1. The molecule has 9 nitrogen and oxygen atoms in total. The van der Waals surface area contributed by atoms with Crippen molar-refractivity contribution in [3.8, 4) is 11.1 Å². The third-order valence-corrected chi connectivity index (χ3v) is 9.29. The molecule has 1 atom stereocenters. The number of carbonyl (C=O) groups is 1. The maximum Gasteiger partial charge on any atom is 0.251 e. The van der Waals surface area contributed by atoms with Gasteiger partial charge in [-0.2, -0.15) is 0 Å². The van der Waals surface area contributed by atoms with Crippen LogP contribution >= 0.6 is 0 Å². The fourth-order valence-corrected chi connectivity index (χ4v) is 5.95. The number of anilines is 1. The van der Waals surface area contributed by atoms with Crippen LogP contribution in [0.15, 0.2) is 82.9 Å². The van der Waals surface area contributed by atoms with Crippen molar-refractivity contribution in [1.29, 1.82) is 0 Å². The van der Waals surface area contributed by atoms with Crippen molar-refractivity contribution >= 4 is 21.7 Å². The van der Waals surface area contributed by atoms with Crippen LogP contribution < -0.4 is 15.8 Å². The van der Waals surface area contributed by atoms with Crippen LogP contribution in [0.2, 0.25) is 0 Å². The van der Waals surface area contributed by atoms with E-state index >= 15 is 0 Å². The van der Waals surface area contributed by atoms with Crippen LogP contribution in [-0.2, 0) is 22.9 Å². The molecule has 0 bridgehead atoms. The fourth-order valence-electron chi connectivity index (χ4n) is 5.06. The first-order valence-electron chi connectivity index (χ1n) is 13.6. The molecule has 2 aromatic heterocycles. The van der Waals surface area contributed by atoms with Gasteiger partial charge in [0.05, 0.1) is 10.6 Å². The highest BCUT2D eigenvalue weighted by molar-refractivity contribution is 7.91. The molecule has 1 aliphatic heterocycles. The monoisotopic (exact) mass is 571 g/mol. The molecule has 0 aliphatic carbocycles. The average Bonchev–Trinajstić information content (AvgIpc) is 2.99. The van der Waals surface area contributed by atoms with Crippen molar-refractivity contribution in [3.05, 3.63) is 106 Å². The van der Waals surface area contributed by atoms with Gasteiger partial charge in [0, 0.05) is 66.9 Å². The molecule has 3 heterocycles. The molecule has 10 heteroatoms. The third-order valence-electron chi connectivity index (χ3n) is 7.54. The standard InChI is InChI=1S/C31H33N5O4S/c1-4-41(39,40)26-9-5-21(6-10-26)14-33-30(38)22-7-11-27-24(13-22)18-36(19-28(27)20(2)3)31-34-16-25(17-35-31)23-8-12-29(37)32-15-23/h5-13,15-17,20,28H,4,14,18-19H2,1-3H3,(H,32,37)(H,33,38). The lowest BCUT2D eigenvalue weighted by Crippen LogP contribution is -2.37. The second kappa shape index (κ2) is 11.7. The van der Waals surface area contributed by atoms with E-state index < -0.39 is 9.84 Å². The predicted molar refractivity (Wildman–Crippen MR) is 158 cm³/mol. The van der Waals surface area contributed by atoms with Crippen molar-refractivity contribution < 1.29 is 13.2 Å². The summed E-state index contributed by atoms with van der Waals surface area (Å²) < 4.78 is 24.1. The van der Waals surface area contributed by atoms with Crippen molar-refractivity contribution in [2.75, 3.05) is 17.2 Å². The second-order valence-corrected chi connectivity index (χ2v) is 12.9. The molecule has 0 radical (unpaired) electrons. The Hall–Kier alpha value is -4.31. The largest absolute Gasteiger partial charge is 0.348 e. The minimum atomic E-state index is -3.26. The highest BCUT2D eigenvalue weighted by Gasteiger charge is 2.29. The summed E-state index contributed by atoms with van der Waals surface area (Å²) in [6.45, 7) is 7.62. The molecule has 1 amide bonds. The first-order chi connectivity index (χ1) is 19.6. The van der Waals surface area contributed by atoms with Crippen molar-refractivity contribution in [3.63, 3.8) is 0 Å². The number of hydrogen-bond donors (Lipinski definition) is 2. The van der Waals surface area contributed by atoms with Gasteiger partial charge < -0.3 is 15.2 Å². The van der Waals surface area contributed by atoms with Gasteiger partial charge in [0.15, 0.2) is 9.84 Å². The molecule has 41 heavy (non-hydrogen) atoms. The molecule has 1 aliphatic rings. The van der Waals surface area contributed by atoms with Crippen LogP contribution in [0.25, 0.3) is 11.1 Å². The lowest BCUT2D eigenvalue weighted by molar-refractivity contribution is 0.0950. The van der Waals surface area contributed by atoms with Gasteiger partial charge >= 0.3 is 0 Å². The Morgan fingerprint density at radius 1 is 1.05 bits per heavy atom. The molecule has 2 aromatic carbocycles. The van der Waals surface area contributed by atoms with E-state index in [1.165, 1.54) is 11.6 Å². The van der Waals surface area contributed by atoms with Gasteiger partial charge in [-0.05, 0) is 52.9 Å². The van der Waals surface area contributed by atoms with Crippen molar-refractivity contribution in [2.45, 2.75) is 44.7 Å². The Bertz CT molecular complexity index is 1690. The highest BCUT2D eigenvalue weighted by atomic mass is 32.2. The first-order valence-corrected chi connectivity index (χ1v) is 15.3. The van der Waals surface area contributed by atoms with Gasteiger partial charge in [-0.25, -0.2) is 18.4 Å². The Kier molecular flexibility index (Phi) is 8.03. The summed E-state index contributed by atoms with van der Waals surface area (Å²) in [6, 6.07) is 15.7. The molecule has 0 saturated heterocycles. The number of carbonyl (C=O) groups excluding carboxylic acids is 1. The normalized spacial score (nSPS) is 15.0. The number of aromatic nitrogens is 3. The quantitative estimate of drug-likeness (QED) is 0.323. The van der Waals surface area contributed by atoms with Crippen LogP contribution in [0.1, 0.15) is 53.7 Å². The van der Waals surface area contributed by atoms with Crippen LogP contribution in [0.3, 0.4) is 0 Å². The summed E-state index contributed by atoms with van der Waals surface area (Å²) >= 11 is 0. The van der Waals surface area contributed by atoms with Crippen LogP contribution in [-0.4, -0.2) is 41.6 Å². The van der Waals surface area contributed by atoms with Crippen LogP contribution in [0.4, 0.5) is 5.95 Å². The number of amides is 1. The number of rotatable bonds is 8. The molecule has 0 saturated carbocycles. The van der Waals surface area contributed by atoms with E-state index in [1.54, 1.807) is 55.8 Å². The van der Waals surface area contributed by atoms with E-state index in [2.05, 4.69) is 45.1 Å². The Morgan fingerprint density at radius 2 is 1.78 bits per heavy atom. The Labute approximate surface area is 239 Å². The molecule has 0 spiro atoms. The minimum absolute atomic E-state index is 0.0463. The van der Waals surface area contributed by atoms with Gasteiger partial charge in [0.1, 0.15) is 0 Å². The first kappa shape index (κ1) is 28.2. The average molecular weight is 572 g/mol. The number of sulfone groups is 1. The number of nitrogens with zero attached hydrogens (tertiary/aromatic N) is 3. The smallest absolute Gasteiger partial charge is 0.251 e. The minimum Gasteiger partial charge on any atom is -0.348 e. The van der Waals surface area contributed by atoms with E-state index in [1.807, 2.05) is 12.1 Å². The fraction of sp³-hybridized carbons (Fsp3) is 0.290. The molecular weight excluding hydrogens is 538 g/mol. The summed E-state index contributed by atoms with van der Waals surface area (Å²) in [5.74, 6) is 1.08. The predicted octanol–water partition coefficient (Wildman–Crippen LogP) is 4.32. The van der Waals surface area contributed by atoms with Crippen LogP contribution in [0, 0.1) is 5.92 Å². The maximum absolute atomic E-state index is 13.1. The topological polar surface area (TPSA) is 125 Å². The Morgan fingerprint density at radius 3 is 2.41 bits per heavy atom. The van der Waals surface area contributed by atoms with Crippen molar-refractivity contribution in [2.24, 2.45) is 5.92 Å². The molecule has 5 rings (SSSR count). The van der Waals surface area contributed by atoms with Gasteiger partial charge in [-0.1, -0.05) is 39.0 Å². The number of fused-ring (bicyclic) bond motifs is 1. The summed E-state index contributed by atoms with van der Waals surface area (Å²) in [4.78, 5) is 38.8. The molecule has 1 unspecified atom stereocenters. The van der Waals surface area contributed by atoms with Gasteiger partial charge in [0.2, 0.25) is 11.5 Å². The van der Waals surface area contributed by atoms with Gasteiger partial charge in [-0.3, -0.25) is 9.59 Å². The summed E-state index contributed by atoms with van der Waals surface area (Å²) in [5, 5.41) is 2.95.